The number of hydrogen-bond donors (Lipinski definition) is 3. The molecule has 0 bridgehead atoms. The minimum Gasteiger partial charge on any atom is -0.507 e. The SMILES string of the molecule is C/C(=N/O)c1ccc(NC(=O)c2ccc(F)cc2O)cc1. The Bertz CT molecular complexity index is 697. The number of rotatable bonds is 3. The Morgan fingerprint density at radius 1 is 1.19 bits per heavy atom. The molecule has 108 valence electrons. The summed E-state index contributed by atoms with van der Waals surface area (Å²) in [5.74, 6) is -1.59. The molecule has 0 radical (unpaired) electrons. The molecule has 2 aromatic rings. The number of halogens is 1. The van der Waals surface area contributed by atoms with Crippen LogP contribution in [0.5, 0.6) is 5.75 Å². The highest BCUT2D eigenvalue weighted by Crippen LogP contribution is 2.20. The van der Waals surface area contributed by atoms with Gasteiger partial charge in [0.1, 0.15) is 11.6 Å². The average molecular weight is 288 g/mol. The third kappa shape index (κ3) is 3.36. The van der Waals surface area contributed by atoms with Crippen LogP contribution in [0.15, 0.2) is 47.6 Å². The van der Waals surface area contributed by atoms with Crippen molar-refractivity contribution in [1.29, 1.82) is 0 Å². The summed E-state index contributed by atoms with van der Waals surface area (Å²) in [6.07, 6.45) is 0. The molecule has 0 atom stereocenters. The monoisotopic (exact) mass is 288 g/mol. The van der Waals surface area contributed by atoms with Crippen molar-refractivity contribution in [3.63, 3.8) is 0 Å². The van der Waals surface area contributed by atoms with Gasteiger partial charge in [-0.2, -0.15) is 0 Å². The van der Waals surface area contributed by atoms with Gasteiger partial charge in [-0.15, -0.1) is 0 Å². The predicted molar refractivity (Wildman–Crippen MR) is 76.5 cm³/mol. The molecule has 0 spiro atoms. The molecule has 0 unspecified atom stereocenters. The highest BCUT2D eigenvalue weighted by molar-refractivity contribution is 6.06. The van der Waals surface area contributed by atoms with Crippen LogP contribution in [0.2, 0.25) is 0 Å². The van der Waals surface area contributed by atoms with E-state index in [1.54, 1.807) is 31.2 Å². The molecule has 0 fully saturated rings. The zero-order chi connectivity index (χ0) is 15.4. The van der Waals surface area contributed by atoms with Gasteiger partial charge >= 0.3 is 0 Å². The zero-order valence-electron chi connectivity index (χ0n) is 11.2. The Morgan fingerprint density at radius 2 is 1.86 bits per heavy atom. The van der Waals surface area contributed by atoms with Crippen LogP contribution in [0.4, 0.5) is 10.1 Å². The van der Waals surface area contributed by atoms with Gasteiger partial charge in [0.25, 0.3) is 5.91 Å². The number of phenolic OH excluding ortho intramolecular Hbond substituents is 1. The van der Waals surface area contributed by atoms with E-state index >= 15 is 0 Å². The molecule has 5 nitrogen and oxygen atoms in total. The van der Waals surface area contributed by atoms with Crippen molar-refractivity contribution in [3.05, 3.63) is 59.4 Å². The zero-order valence-corrected chi connectivity index (χ0v) is 11.2. The van der Waals surface area contributed by atoms with E-state index in [2.05, 4.69) is 10.5 Å². The number of nitrogens with one attached hydrogen (secondary N) is 1. The summed E-state index contributed by atoms with van der Waals surface area (Å²) < 4.78 is 12.9. The summed E-state index contributed by atoms with van der Waals surface area (Å²) in [5, 5.41) is 23.9. The fraction of sp³-hybridized carbons (Fsp3) is 0.0667. The molecule has 1 amide bonds. The van der Waals surface area contributed by atoms with E-state index in [1.807, 2.05) is 0 Å². The molecule has 3 N–H and O–H groups in total. The van der Waals surface area contributed by atoms with Crippen molar-refractivity contribution in [1.82, 2.24) is 0 Å². The third-order valence-corrected chi connectivity index (χ3v) is 2.91. The van der Waals surface area contributed by atoms with Gasteiger partial charge in [-0.3, -0.25) is 4.79 Å². The second-order valence-corrected chi connectivity index (χ2v) is 4.38. The number of carbonyl (C=O) groups is 1. The molecule has 0 heterocycles. The molecule has 2 rings (SSSR count). The van der Waals surface area contributed by atoms with Crippen molar-refractivity contribution in [2.45, 2.75) is 6.92 Å². The topological polar surface area (TPSA) is 81.9 Å². The first-order valence-electron chi connectivity index (χ1n) is 6.10. The fourth-order valence-corrected chi connectivity index (χ4v) is 1.75. The maximum absolute atomic E-state index is 12.9. The lowest BCUT2D eigenvalue weighted by Crippen LogP contribution is -2.12. The Morgan fingerprint density at radius 3 is 2.43 bits per heavy atom. The molecule has 0 aromatic heterocycles. The summed E-state index contributed by atoms with van der Waals surface area (Å²) in [5.41, 5.74) is 1.64. The summed E-state index contributed by atoms with van der Waals surface area (Å²) >= 11 is 0. The number of phenols is 1. The predicted octanol–water partition coefficient (Wildman–Crippen LogP) is 2.98. The minimum absolute atomic E-state index is 0.0198. The number of amides is 1. The van der Waals surface area contributed by atoms with Crippen LogP contribution in [0.1, 0.15) is 22.8 Å². The largest absolute Gasteiger partial charge is 0.507 e. The minimum atomic E-state index is -0.618. The smallest absolute Gasteiger partial charge is 0.259 e. The molecule has 2 aromatic carbocycles. The highest BCUT2D eigenvalue weighted by Gasteiger charge is 2.12. The number of benzene rings is 2. The van der Waals surface area contributed by atoms with Gasteiger partial charge in [0, 0.05) is 11.8 Å². The third-order valence-electron chi connectivity index (χ3n) is 2.91. The van der Waals surface area contributed by atoms with E-state index in [4.69, 9.17) is 5.21 Å². The normalized spacial score (nSPS) is 11.2. The molecule has 0 saturated heterocycles. The molecule has 6 heteroatoms. The second-order valence-electron chi connectivity index (χ2n) is 4.38. The molecule has 0 aliphatic carbocycles. The lowest BCUT2D eigenvalue weighted by atomic mass is 10.1. The van der Waals surface area contributed by atoms with Crippen LogP contribution in [0.25, 0.3) is 0 Å². The molecule has 0 aliphatic heterocycles. The van der Waals surface area contributed by atoms with E-state index in [9.17, 15) is 14.3 Å². The standard InChI is InChI=1S/C15H13FN2O3/c1-9(18-21)10-2-5-12(6-3-10)17-15(20)13-7-4-11(16)8-14(13)19/h2-8,19,21H,1H3,(H,17,20)/b18-9-. The van der Waals surface area contributed by atoms with Crippen molar-refractivity contribution in [2.24, 2.45) is 5.16 Å². The average Bonchev–Trinajstić information content (AvgIpc) is 2.47. The molecule has 0 saturated carbocycles. The molecular weight excluding hydrogens is 275 g/mol. The maximum Gasteiger partial charge on any atom is 0.259 e. The van der Waals surface area contributed by atoms with Gasteiger partial charge in [-0.25, -0.2) is 4.39 Å². The summed E-state index contributed by atoms with van der Waals surface area (Å²) in [6, 6.07) is 9.78. The first-order valence-corrected chi connectivity index (χ1v) is 6.10. The number of carbonyl (C=O) groups excluding carboxylic acids is 1. The molecule has 0 aliphatic rings. The van der Waals surface area contributed by atoms with Crippen molar-refractivity contribution < 1.29 is 19.5 Å². The van der Waals surface area contributed by atoms with Crippen LogP contribution < -0.4 is 5.32 Å². The van der Waals surface area contributed by atoms with E-state index in [1.165, 1.54) is 6.07 Å². The second kappa shape index (κ2) is 6.04. The van der Waals surface area contributed by atoms with Crippen LogP contribution in [-0.4, -0.2) is 21.9 Å². The fourth-order valence-electron chi connectivity index (χ4n) is 1.75. The van der Waals surface area contributed by atoms with Gasteiger partial charge in [0.05, 0.1) is 11.3 Å². The first-order chi connectivity index (χ1) is 10.0. The Kier molecular flexibility index (Phi) is 4.18. The van der Waals surface area contributed by atoms with Gasteiger partial charge < -0.3 is 15.6 Å². The lowest BCUT2D eigenvalue weighted by Gasteiger charge is -2.07. The molecule has 21 heavy (non-hydrogen) atoms. The summed E-state index contributed by atoms with van der Waals surface area (Å²) in [7, 11) is 0. The highest BCUT2D eigenvalue weighted by atomic mass is 19.1. The first kappa shape index (κ1) is 14.5. The quantitative estimate of drug-likeness (QED) is 0.461. The molecular formula is C15H13FN2O3. The van der Waals surface area contributed by atoms with Gasteiger partial charge in [0.15, 0.2) is 0 Å². The number of hydrogen-bond acceptors (Lipinski definition) is 4. The lowest BCUT2D eigenvalue weighted by molar-refractivity contribution is 0.102. The Balaban J connectivity index is 2.16. The van der Waals surface area contributed by atoms with Crippen molar-refractivity contribution in [2.75, 3.05) is 5.32 Å². The van der Waals surface area contributed by atoms with Crippen LogP contribution in [-0.2, 0) is 0 Å². The van der Waals surface area contributed by atoms with Crippen LogP contribution in [0.3, 0.4) is 0 Å². The Labute approximate surface area is 120 Å². The van der Waals surface area contributed by atoms with Crippen LogP contribution >= 0.6 is 0 Å². The number of anilines is 1. The number of nitrogens with zero attached hydrogens (tertiary/aromatic N) is 1. The van der Waals surface area contributed by atoms with E-state index in [0.29, 0.717) is 17.0 Å². The van der Waals surface area contributed by atoms with Crippen molar-refractivity contribution >= 4 is 17.3 Å². The van der Waals surface area contributed by atoms with Crippen molar-refractivity contribution in [3.8, 4) is 5.75 Å². The van der Waals surface area contributed by atoms with Gasteiger partial charge in [0.2, 0.25) is 0 Å². The van der Waals surface area contributed by atoms with Gasteiger partial charge in [-0.05, 0) is 36.8 Å². The van der Waals surface area contributed by atoms with E-state index in [-0.39, 0.29) is 5.56 Å². The van der Waals surface area contributed by atoms with E-state index in [0.717, 1.165) is 12.1 Å². The summed E-state index contributed by atoms with van der Waals surface area (Å²) in [6.45, 7) is 1.64. The number of oxime groups is 1. The Hall–Kier alpha value is -2.89. The van der Waals surface area contributed by atoms with E-state index < -0.39 is 17.5 Å². The van der Waals surface area contributed by atoms with Crippen LogP contribution in [0, 0.1) is 5.82 Å². The summed E-state index contributed by atoms with van der Waals surface area (Å²) in [4.78, 5) is 12.0. The number of aromatic hydroxyl groups is 1. The van der Waals surface area contributed by atoms with Gasteiger partial charge in [-0.1, -0.05) is 17.3 Å². The maximum atomic E-state index is 12.9.